The summed E-state index contributed by atoms with van der Waals surface area (Å²) in [6.45, 7) is 5.23. The summed E-state index contributed by atoms with van der Waals surface area (Å²) >= 11 is 0. The Hall–Kier alpha value is -2.31. The molecule has 0 aliphatic heterocycles. The lowest BCUT2D eigenvalue weighted by molar-refractivity contribution is 0.0516. The SMILES string of the molecule is CC(C)(C)OC(=O)N[C@@H](C(N)=NO)c1ccccn1. The van der Waals surface area contributed by atoms with Crippen molar-refractivity contribution in [3.05, 3.63) is 30.1 Å². The molecule has 0 radical (unpaired) electrons. The Morgan fingerprint density at radius 3 is 2.68 bits per heavy atom. The van der Waals surface area contributed by atoms with Crippen molar-refractivity contribution in [2.24, 2.45) is 10.9 Å². The fourth-order valence-corrected chi connectivity index (χ4v) is 1.33. The van der Waals surface area contributed by atoms with Crippen molar-refractivity contribution in [2.75, 3.05) is 0 Å². The van der Waals surface area contributed by atoms with Crippen LogP contribution in [0.5, 0.6) is 0 Å². The molecule has 1 aromatic rings. The van der Waals surface area contributed by atoms with Gasteiger partial charge in [0.1, 0.15) is 11.6 Å². The number of nitrogens with one attached hydrogen (secondary N) is 1. The molecule has 1 rings (SSSR count). The van der Waals surface area contributed by atoms with Gasteiger partial charge in [0.05, 0.1) is 5.69 Å². The zero-order valence-electron chi connectivity index (χ0n) is 11.1. The lowest BCUT2D eigenvalue weighted by atomic mass is 10.1. The van der Waals surface area contributed by atoms with Gasteiger partial charge in [0, 0.05) is 6.20 Å². The molecule has 104 valence electrons. The Morgan fingerprint density at radius 2 is 2.21 bits per heavy atom. The van der Waals surface area contributed by atoms with E-state index in [0.29, 0.717) is 5.69 Å². The van der Waals surface area contributed by atoms with E-state index in [9.17, 15) is 4.79 Å². The number of nitrogens with two attached hydrogens (primary N) is 1. The average Bonchev–Trinajstić information content (AvgIpc) is 2.34. The van der Waals surface area contributed by atoms with Crippen LogP contribution in [0.25, 0.3) is 0 Å². The molecule has 0 aliphatic rings. The van der Waals surface area contributed by atoms with Crippen molar-refractivity contribution in [1.82, 2.24) is 10.3 Å². The molecule has 0 bridgehead atoms. The molecule has 1 heterocycles. The number of aromatic nitrogens is 1. The topological polar surface area (TPSA) is 110 Å². The normalized spacial score (nSPS) is 13.7. The third kappa shape index (κ3) is 4.82. The molecule has 0 unspecified atom stereocenters. The van der Waals surface area contributed by atoms with Crippen LogP contribution in [0, 0.1) is 0 Å². The van der Waals surface area contributed by atoms with Crippen LogP contribution in [0.3, 0.4) is 0 Å². The zero-order chi connectivity index (χ0) is 14.5. The van der Waals surface area contributed by atoms with Crippen molar-refractivity contribution in [3.8, 4) is 0 Å². The summed E-state index contributed by atoms with van der Waals surface area (Å²) in [5, 5.41) is 14.2. The van der Waals surface area contributed by atoms with Gasteiger partial charge in [0.15, 0.2) is 5.84 Å². The van der Waals surface area contributed by atoms with Crippen LogP contribution in [0.2, 0.25) is 0 Å². The Balaban J connectivity index is 2.86. The van der Waals surface area contributed by atoms with E-state index in [0.717, 1.165) is 0 Å². The molecular formula is C12H18N4O3. The van der Waals surface area contributed by atoms with Crippen LogP contribution < -0.4 is 11.1 Å². The summed E-state index contributed by atoms with van der Waals surface area (Å²) in [7, 11) is 0. The third-order valence-electron chi connectivity index (χ3n) is 2.06. The molecule has 19 heavy (non-hydrogen) atoms. The summed E-state index contributed by atoms with van der Waals surface area (Å²) < 4.78 is 5.11. The van der Waals surface area contributed by atoms with Crippen LogP contribution in [-0.4, -0.2) is 27.7 Å². The summed E-state index contributed by atoms with van der Waals surface area (Å²) in [6, 6.07) is 4.26. The largest absolute Gasteiger partial charge is 0.444 e. The number of hydrogen-bond acceptors (Lipinski definition) is 5. The fourth-order valence-electron chi connectivity index (χ4n) is 1.33. The van der Waals surface area contributed by atoms with Gasteiger partial charge in [-0.3, -0.25) is 4.98 Å². The number of alkyl carbamates (subject to hydrolysis) is 1. The fraction of sp³-hybridized carbons (Fsp3) is 0.417. The molecule has 1 atom stereocenters. The first-order valence-electron chi connectivity index (χ1n) is 5.71. The van der Waals surface area contributed by atoms with Gasteiger partial charge >= 0.3 is 6.09 Å². The summed E-state index contributed by atoms with van der Waals surface area (Å²) in [4.78, 5) is 15.8. The Bertz CT molecular complexity index is 454. The predicted octanol–water partition coefficient (Wildman–Crippen LogP) is 1.39. The number of ether oxygens (including phenoxy) is 1. The molecule has 0 spiro atoms. The molecule has 0 fully saturated rings. The molecule has 0 aliphatic carbocycles. The molecule has 1 aromatic heterocycles. The van der Waals surface area contributed by atoms with E-state index in [4.69, 9.17) is 15.7 Å². The van der Waals surface area contributed by atoms with Crippen molar-refractivity contribution >= 4 is 11.9 Å². The minimum absolute atomic E-state index is 0.176. The zero-order valence-corrected chi connectivity index (χ0v) is 11.1. The number of rotatable bonds is 3. The summed E-state index contributed by atoms with van der Waals surface area (Å²) in [6.07, 6.45) is 0.874. The maximum atomic E-state index is 11.7. The lowest BCUT2D eigenvalue weighted by Crippen LogP contribution is -2.41. The van der Waals surface area contributed by atoms with Crippen molar-refractivity contribution in [2.45, 2.75) is 32.4 Å². The second-order valence-corrected chi connectivity index (χ2v) is 4.86. The van der Waals surface area contributed by atoms with Crippen molar-refractivity contribution < 1.29 is 14.7 Å². The van der Waals surface area contributed by atoms with Crippen LogP contribution in [-0.2, 0) is 4.74 Å². The summed E-state index contributed by atoms with van der Waals surface area (Å²) in [5.74, 6) is -0.176. The Kier molecular flexibility index (Phi) is 4.68. The smallest absolute Gasteiger partial charge is 0.408 e. The van der Waals surface area contributed by atoms with Gasteiger partial charge in [-0.25, -0.2) is 4.79 Å². The van der Waals surface area contributed by atoms with E-state index in [2.05, 4.69) is 15.5 Å². The minimum Gasteiger partial charge on any atom is -0.444 e. The molecular weight excluding hydrogens is 248 g/mol. The molecule has 0 saturated heterocycles. The number of amidine groups is 1. The van der Waals surface area contributed by atoms with E-state index in [1.165, 1.54) is 0 Å². The maximum Gasteiger partial charge on any atom is 0.408 e. The molecule has 7 heteroatoms. The van der Waals surface area contributed by atoms with Crippen molar-refractivity contribution in [1.29, 1.82) is 0 Å². The predicted molar refractivity (Wildman–Crippen MR) is 69.8 cm³/mol. The Labute approximate surface area is 111 Å². The number of pyridine rings is 1. The first kappa shape index (κ1) is 14.7. The average molecular weight is 266 g/mol. The number of carbonyl (C=O) groups excluding carboxylic acids is 1. The highest BCUT2D eigenvalue weighted by Crippen LogP contribution is 2.12. The van der Waals surface area contributed by atoms with Crippen LogP contribution in [0.1, 0.15) is 32.5 Å². The van der Waals surface area contributed by atoms with Gasteiger partial charge in [-0.2, -0.15) is 0 Å². The monoisotopic (exact) mass is 266 g/mol. The van der Waals surface area contributed by atoms with E-state index in [1.54, 1.807) is 45.2 Å². The quantitative estimate of drug-likeness (QED) is 0.331. The number of oxime groups is 1. The minimum atomic E-state index is -0.846. The highest BCUT2D eigenvalue weighted by atomic mass is 16.6. The standard InChI is InChI=1S/C12H18N4O3/c1-12(2,3)19-11(17)15-9(10(13)16-18)8-6-4-5-7-14-8/h4-7,9,18H,1-3H3,(H2,13,16)(H,15,17)/t9-/m1/s1. The van der Waals surface area contributed by atoms with E-state index >= 15 is 0 Å². The third-order valence-corrected chi connectivity index (χ3v) is 2.06. The van der Waals surface area contributed by atoms with Gasteiger partial charge in [-0.1, -0.05) is 11.2 Å². The Morgan fingerprint density at radius 1 is 1.53 bits per heavy atom. The first-order chi connectivity index (χ1) is 8.83. The van der Waals surface area contributed by atoms with E-state index in [1.807, 2.05) is 0 Å². The van der Waals surface area contributed by atoms with E-state index < -0.39 is 17.7 Å². The second kappa shape index (κ2) is 6.03. The van der Waals surface area contributed by atoms with Crippen LogP contribution in [0.15, 0.2) is 29.6 Å². The van der Waals surface area contributed by atoms with Gasteiger partial charge in [0.25, 0.3) is 0 Å². The van der Waals surface area contributed by atoms with Crippen LogP contribution in [0.4, 0.5) is 4.79 Å². The van der Waals surface area contributed by atoms with Crippen LogP contribution >= 0.6 is 0 Å². The van der Waals surface area contributed by atoms with Gasteiger partial charge < -0.3 is 21.0 Å². The maximum absolute atomic E-state index is 11.7. The molecule has 4 N–H and O–H groups in total. The van der Waals surface area contributed by atoms with Crippen molar-refractivity contribution in [3.63, 3.8) is 0 Å². The second-order valence-electron chi connectivity index (χ2n) is 4.86. The van der Waals surface area contributed by atoms with E-state index in [-0.39, 0.29) is 5.84 Å². The number of carbonyl (C=O) groups is 1. The molecule has 1 amide bonds. The molecule has 0 aromatic carbocycles. The number of hydrogen-bond donors (Lipinski definition) is 3. The number of nitrogens with zero attached hydrogens (tertiary/aromatic N) is 2. The highest BCUT2D eigenvalue weighted by Gasteiger charge is 2.24. The molecule has 0 saturated carbocycles. The first-order valence-corrected chi connectivity index (χ1v) is 5.71. The molecule has 7 nitrogen and oxygen atoms in total. The highest BCUT2D eigenvalue weighted by molar-refractivity contribution is 5.89. The van der Waals surface area contributed by atoms with Gasteiger partial charge in [-0.15, -0.1) is 0 Å². The lowest BCUT2D eigenvalue weighted by Gasteiger charge is -2.22. The summed E-state index contributed by atoms with van der Waals surface area (Å²) in [5.41, 5.74) is 5.36. The van der Waals surface area contributed by atoms with Gasteiger partial charge in [-0.05, 0) is 32.9 Å². The number of amides is 1. The van der Waals surface area contributed by atoms with Gasteiger partial charge in [0.2, 0.25) is 0 Å².